The maximum Gasteiger partial charge on any atom is 0.291 e. The molecule has 0 bridgehead atoms. The summed E-state index contributed by atoms with van der Waals surface area (Å²) in [6.07, 6.45) is 21.9. The first-order valence-corrected chi connectivity index (χ1v) is 41.2. The molecule has 12 aromatic heterocycles. The van der Waals surface area contributed by atoms with Crippen molar-refractivity contribution in [1.29, 1.82) is 0 Å². The molecule has 0 saturated heterocycles. The number of nitrogens with zero attached hydrogens (tertiary/aromatic N) is 15. The molecule has 0 aromatic carbocycles. The summed E-state index contributed by atoms with van der Waals surface area (Å²) in [5.41, 5.74) is 9.94. The van der Waals surface area contributed by atoms with Crippen molar-refractivity contribution in [2.75, 3.05) is 100.0 Å². The first-order valence-electron chi connectivity index (χ1n) is 41.2. The highest BCUT2D eigenvalue weighted by Gasteiger charge is 2.30. The van der Waals surface area contributed by atoms with Gasteiger partial charge < -0.3 is 145 Å². The quantitative estimate of drug-likeness (QED) is 0.0247. The summed E-state index contributed by atoms with van der Waals surface area (Å²) in [6, 6.07) is 11.9. The lowest BCUT2D eigenvalue weighted by Crippen LogP contribution is -2.46. The lowest BCUT2D eigenvalue weighted by Gasteiger charge is -2.19. The van der Waals surface area contributed by atoms with Gasteiger partial charge in [-0.25, -0.2) is 9.97 Å². The highest BCUT2D eigenvalue weighted by atomic mass is 16.2. The monoisotopic (exact) mass is 1810 g/mol. The maximum absolute atomic E-state index is 14.6. The predicted molar refractivity (Wildman–Crippen MR) is 488 cm³/mol. The van der Waals surface area contributed by atoms with E-state index in [0.29, 0.717) is 29.3 Å². The van der Waals surface area contributed by atoms with Gasteiger partial charge in [-0.05, 0) is 101 Å². The summed E-state index contributed by atoms with van der Waals surface area (Å²) >= 11 is 0. The summed E-state index contributed by atoms with van der Waals surface area (Å²) in [6.45, 7) is 1.16. The van der Waals surface area contributed by atoms with Crippen LogP contribution in [0.5, 0.6) is 0 Å². The molecule has 12 rings (SSSR count). The molecule has 0 saturated carbocycles. The van der Waals surface area contributed by atoms with E-state index in [4.69, 9.17) is 5.73 Å². The van der Waals surface area contributed by atoms with E-state index in [9.17, 15) is 71.9 Å². The third-order valence-electron chi connectivity index (χ3n) is 21.2. The highest BCUT2D eigenvalue weighted by molar-refractivity contribution is 6.12. The zero-order chi connectivity index (χ0) is 95.4. The molecule has 0 radical (unpaired) electrons. The maximum atomic E-state index is 14.6. The molecule has 46 heteroatoms. The van der Waals surface area contributed by atoms with E-state index >= 15 is 0 Å². The molecule has 0 fully saturated rings. The Morgan fingerprint density at radius 3 is 0.826 bits per heavy atom. The summed E-state index contributed by atoms with van der Waals surface area (Å²) in [4.78, 5) is 213. The molecule has 12 heterocycles. The molecule has 2 atom stereocenters. The van der Waals surface area contributed by atoms with E-state index in [1.54, 1.807) is 113 Å². The Labute approximate surface area is 754 Å². The van der Waals surface area contributed by atoms with Gasteiger partial charge in [0.15, 0.2) is 11.6 Å². The number of nitrogens with two attached hydrogens (primary N) is 1. The molecule has 17 N–H and O–H groups in total. The normalized spacial score (nSPS) is 11.6. The minimum atomic E-state index is -1.41. The van der Waals surface area contributed by atoms with Crippen LogP contribution in [0.3, 0.4) is 0 Å². The van der Waals surface area contributed by atoms with Crippen LogP contribution in [0.25, 0.3) is 0 Å². The lowest BCUT2D eigenvalue weighted by molar-refractivity contribution is -0.121. The number of carbonyl (C=O) groups is 15. The van der Waals surface area contributed by atoms with E-state index in [1.807, 2.05) is 19.0 Å². The number of imidazole rings is 2. The highest BCUT2D eigenvalue weighted by Crippen LogP contribution is 2.27. The van der Waals surface area contributed by atoms with Crippen molar-refractivity contribution in [2.45, 2.75) is 37.8 Å². The Bertz CT molecular complexity index is 6480. The number of carbonyl (C=O) groups excluding carboxylic acids is 15. The smallest absolute Gasteiger partial charge is 0.291 e. The van der Waals surface area contributed by atoms with E-state index < -0.39 is 94.8 Å². The zero-order valence-electron chi connectivity index (χ0n) is 74.8. The van der Waals surface area contributed by atoms with Crippen LogP contribution in [0, 0.1) is 0 Å². The molecule has 0 unspecified atom stereocenters. The van der Waals surface area contributed by atoms with Crippen LogP contribution in [0.2, 0.25) is 0 Å². The minimum Gasteiger partial charge on any atom is -0.356 e. The molecule has 132 heavy (non-hydrogen) atoms. The van der Waals surface area contributed by atoms with Crippen molar-refractivity contribution in [1.82, 2.24) is 96.3 Å². The largest absolute Gasteiger partial charge is 0.356 e. The Kier molecular flexibility index (Phi) is 29.2. The molecule has 0 aliphatic carbocycles. The van der Waals surface area contributed by atoms with Crippen molar-refractivity contribution in [3.05, 3.63) is 216 Å². The van der Waals surface area contributed by atoms with Gasteiger partial charge in [0.2, 0.25) is 17.7 Å². The van der Waals surface area contributed by atoms with Crippen molar-refractivity contribution < 1.29 is 71.9 Å². The van der Waals surface area contributed by atoms with Crippen LogP contribution in [0.15, 0.2) is 147 Å². The number of rotatable bonds is 38. The van der Waals surface area contributed by atoms with E-state index in [1.165, 1.54) is 174 Å². The van der Waals surface area contributed by atoms with Gasteiger partial charge in [0.25, 0.3) is 70.9 Å². The Hall–Kier alpha value is -16.8. The van der Waals surface area contributed by atoms with Gasteiger partial charge in [-0.1, -0.05) is 0 Å². The lowest BCUT2D eigenvalue weighted by atomic mass is 10.1. The SMILES string of the molecule is CN(C)CCCNC(=O)CCNC(=O)c1cc(NC(=O)c2cc(NC(=O)c3cc(NC(=O)[C@@H](CCNC(=O)c4cc(NC(=O)c5cc(NC(=O)c6cc(NC(=O)[C@H](N)CCNC(=O)c7cc(NC(=O)c8cc(NC(=O)c9nccn9C)cn8C)cn7C)cn6C)cn5C)cn4C)NC(=O)c4cc(NC(=O)c5cc(NC(=O)c6nccn6C)cn5C)cn4C)cn3C)cn2C)cn1C. The molecule has 12 aromatic rings. The van der Waals surface area contributed by atoms with Crippen molar-refractivity contribution in [2.24, 2.45) is 90.3 Å². The Balaban J connectivity index is 0.636. The summed E-state index contributed by atoms with van der Waals surface area (Å²) in [7, 11) is 23.1. The van der Waals surface area contributed by atoms with Gasteiger partial charge in [0, 0.05) is 204 Å². The first kappa shape index (κ1) is 94.3. The Morgan fingerprint density at radius 1 is 0.295 bits per heavy atom. The second kappa shape index (κ2) is 40.9. The van der Waals surface area contributed by atoms with E-state index in [2.05, 4.69) is 89.7 Å². The number of aromatic nitrogens is 14. The third-order valence-corrected chi connectivity index (χ3v) is 21.2. The number of aryl methyl sites for hydroxylation is 12. The van der Waals surface area contributed by atoms with Crippen LogP contribution in [0.1, 0.15) is 152 Å². The van der Waals surface area contributed by atoms with Gasteiger partial charge in [0.1, 0.15) is 63.0 Å². The molecular weight excluding hydrogens is 1710 g/mol. The fourth-order valence-electron chi connectivity index (χ4n) is 14.3. The van der Waals surface area contributed by atoms with Crippen molar-refractivity contribution >= 4 is 145 Å². The van der Waals surface area contributed by atoms with Crippen LogP contribution >= 0.6 is 0 Å². The van der Waals surface area contributed by atoms with Crippen molar-refractivity contribution in [3.8, 4) is 0 Å². The van der Waals surface area contributed by atoms with Crippen LogP contribution in [-0.2, 0) is 99.0 Å². The average molecular weight is 1810 g/mol. The number of anilines is 10. The predicted octanol–water partition coefficient (Wildman–Crippen LogP) is 3.39. The van der Waals surface area contributed by atoms with Gasteiger partial charge in [-0.15, -0.1) is 0 Å². The fraction of sp³-hybridized carbons (Fsp3) is 0.291. The Morgan fingerprint density at radius 2 is 0.545 bits per heavy atom. The van der Waals surface area contributed by atoms with Gasteiger partial charge in [-0.2, -0.15) is 0 Å². The summed E-state index contributed by atoms with van der Waals surface area (Å²) in [5.74, 6) is -8.20. The van der Waals surface area contributed by atoms with Gasteiger partial charge in [0.05, 0.1) is 62.9 Å². The molecule has 0 aliphatic heterocycles. The molecule has 0 spiro atoms. The summed E-state index contributed by atoms with van der Waals surface area (Å²) in [5, 5.41) is 41.3. The molecule has 46 nitrogen and oxygen atoms in total. The second-order valence-corrected chi connectivity index (χ2v) is 31.8. The van der Waals surface area contributed by atoms with Crippen LogP contribution < -0.4 is 85.5 Å². The van der Waals surface area contributed by atoms with E-state index in [-0.39, 0.29) is 148 Å². The molecular formula is C86H103N31O15. The minimum absolute atomic E-state index is 0.0112. The molecule has 15 amide bonds. The molecule has 0 aliphatic rings. The fourth-order valence-corrected chi connectivity index (χ4v) is 14.3. The van der Waals surface area contributed by atoms with Crippen molar-refractivity contribution in [3.63, 3.8) is 0 Å². The second-order valence-electron chi connectivity index (χ2n) is 31.8. The number of hydrogen-bond acceptors (Lipinski definition) is 19. The zero-order valence-corrected chi connectivity index (χ0v) is 74.8. The summed E-state index contributed by atoms with van der Waals surface area (Å²) < 4.78 is 17.9. The number of nitrogens with one attached hydrogen (secondary N) is 15. The van der Waals surface area contributed by atoms with E-state index in [0.717, 1.165) is 13.0 Å². The van der Waals surface area contributed by atoms with Crippen LogP contribution in [0.4, 0.5) is 56.9 Å². The topological polar surface area (TPSA) is 551 Å². The van der Waals surface area contributed by atoms with Crippen LogP contribution in [-0.4, -0.2) is 217 Å². The first-order chi connectivity index (χ1) is 62.7. The standard InChI is InChI=1S/C86H103N31O15/c1-105(2)25-15-19-88-70(118)18-22-93-77(123)62-30-52(42-110(62)7)97-81(127)66-34-54(44-114(66)11)100-79(125)64-32-49(39-112(64)9)95-74(120)59(104-84(130)69-35-55(45-117(69)14)101-83(129)68-37-57(47-116(68)13)103-86(132)72-90-24-27-107(72)4)17-21-92-76(122)61-29-51(41-109(61)6)96-80(126)65-33-53(43-113(65)10)99-78(124)63-31-48(38-111(63)8)94-73(119)58(87)16-20-91-75(121)60-28-50(40-108(60)5)98-82(128)67-36-56(46-115(67)12)102-85(131)71-89-23-26-106(71)3/h23-24,26-47,58-59H,15-22,25,87H2,1-14H3,(H,88,118)(H,91,121)(H,92,122)(H,93,123)(H,94,119)(H,95,120)(H,96,126)(H,97,127)(H,98,128)(H,99,124)(H,100,125)(H,101,129)(H,102,131)(H,103,132)(H,104,130)/t58-,59-/m1/s1. The molecule has 692 valence electrons. The third kappa shape index (κ3) is 23.1. The average Bonchev–Trinajstić information content (AvgIpc) is 1.68. The number of amides is 15. The van der Waals surface area contributed by atoms with Gasteiger partial charge in [-0.3, -0.25) is 71.9 Å². The number of hydrogen-bond donors (Lipinski definition) is 16. The van der Waals surface area contributed by atoms with Gasteiger partial charge >= 0.3 is 0 Å².